The Morgan fingerprint density at radius 1 is 1.52 bits per heavy atom. The summed E-state index contributed by atoms with van der Waals surface area (Å²) in [5.74, 6) is 0.421. The highest BCUT2D eigenvalue weighted by Gasteiger charge is 2.20. The van der Waals surface area contributed by atoms with Crippen molar-refractivity contribution in [2.45, 2.75) is 45.4 Å². The number of aliphatic carboxylic acids is 1. The van der Waals surface area contributed by atoms with Crippen LogP contribution in [-0.4, -0.2) is 45.2 Å². The van der Waals surface area contributed by atoms with E-state index in [1.54, 1.807) is 23.1 Å². The minimum absolute atomic E-state index is 0.0419. The fraction of sp³-hybridized carbons (Fsp3) is 0.643. The van der Waals surface area contributed by atoms with Crippen molar-refractivity contribution >= 4 is 35.0 Å². The van der Waals surface area contributed by atoms with Crippen LogP contribution in [0.2, 0.25) is 0 Å². The van der Waals surface area contributed by atoms with E-state index in [1.807, 2.05) is 26.2 Å². The van der Waals surface area contributed by atoms with E-state index in [1.165, 1.54) is 4.90 Å². The van der Waals surface area contributed by atoms with E-state index in [2.05, 4.69) is 4.98 Å². The molecule has 0 aliphatic carbocycles. The predicted octanol–water partition coefficient (Wildman–Crippen LogP) is 2.79. The number of thiazole rings is 1. The Kier molecular flexibility index (Phi) is 7.74. The fourth-order valence-electron chi connectivity index (χ4n) is 1.81. The zero-order chi connectivity index (χ0) is 15.8. The van der Waals surface area contributed by atoms with E-state index >= 15 is 0 Å². The smallest absolute Gasteiger partial charge is 0.323 e. The molecule has 0 saturated heterocycles. The highest BCUT2D eigenvalue weighted by molar-refractivity contribution is 7.98. The molecule has 0 aromatic carbocycles. The van der Waals surface area contributed by atoms with Crippen LogP contribution >= 0.6 is 23.1 Å². The molecule has 7 heteroatoms. The normalized spacial score (nSPS) is 12.1. The maximum atomic E-state index is 12.1. The summed E-state index contributed by atoms with van der Waals surface area (Å²) >= 11 is 3.28. The van der Waals surface area contributed by atoms with Crippen LogP contribution in [0.1, 0.15) is 37.4 Å². The molecule has 1 aromatic heterocycles. The van der Waals surface area contributed by atoms with Crippen LogP contribution in [0, 0.1) is 6.92 Å². The average Bonchev–Trinajstić information content (AvgIpc) is 2.85. The molecule has 1 N–H and O–H groups in total. The van der Waals surface area contributed by atoms with Gasteiger partial charge >= 0.3 is 5.97 Å². The van der Waals surface area contributed by atoms with Crippen molar-refractivity contribution in [1.82, 2.24) is 9.88 Å². The summed E-state index contributed by atoms with van der Waals surface area (Å²) in [6.45, 7) is 5.58. The molecule has 0 radical (unpaired) electrons. The SMILES string of the molecule is CCC(C)N(CC(=O)O)C(=O)CCSCc1csc(C)n1. The third-order valence-corrected chi connectivity index (χ3v) is 4.94. The van der Waals surface area contributed by atoms with Gasteiger partial charge in [-0.25, -0.2) is 4.98 Å². The molecule has 1 unspecified atom stereocenters. The van der Waals surface area contributed by atoms with Gasteiger partial charge in [0, 0.05) is 29.3 Å². The number of aryl methyl sites for hydroxylation is 1. The van der Waals surface area contributed by atoms with Gasteiger partial charge in [0.15, 0.2) is 0 Å². The number of hydrogen-bond acceptors (Lipinski definition) is 5. The molecule has 1 atom stereocenters. The zero-order valence-corrected chi connectivity index (χ0v) is 14.3. The van der Waals surface area contributed by atoms with E-state index < -0.39 is 5.97 Å². The second kappa shape index (κ2) is 9.04. The second-order valence-electron chi connectivity index (χ2n) is 4.83. The van der Waals surface area contributed by atoms with Crippen molar-refractivity contribution < 1.29 is 14.7 Å². The Hall–Kier alpha value is -1.08. The summed E-state index contributed by atoms with van der Waals surface area (Å²) in [5, 5.41) is 12.0. The molecule has 1 aromatic rings. The summed E-state index contributed by atoms with van der Waals surface area (Å²) in [4.78, 5) is 28.8. The first-order valence-electron chi connectivity index (χ1n) is 6.94. The summed E-state index contributed by atoms with van der Waals surface area (Å²) in [6.07, 6.45) is 1.12. The molecule has 0 aliphatic heterocycles. The number of carboxylic acid groups (broad SMARTS) is 1. The lowest BCUT2D eigenvalue weighted by Gasteiger charge is -2.26. The summed E-state index contributed by atoms with van der Waals surface area (Å²) in [6, 6.07) is -0.0419. The van der Waals surface area contributed by atoms with Gasteiger partial charge in [-0.15, -0.1) is 11.3 Å². The first-order chi connectivity index (χ1) is 9.93. The molecular formula is C14H22N2O3S2. The molecule has 5 nitrogen and oxygen atoms in total. The lowest BCUT2D eigenvalue weighted by Crippen LogP contribution is -2.41. The number of carboxylic acids is 1. The minimum Gasteiger partial charge on any atom is -0.480 e. The maximum Gasteiger partial charge on any atom is 0.323 e. The zero-order valence-electron chi connectivity index (χ0n) is 12.7. The molecular weight excluding hydrogens is 308 g/mol. The van der Waals surface area contributed by atoms with Gasteiger partial charge in [-0.3, -0.25) is 9.59 Å². The topological polar surface area (TPSA) is 70.5 Å². The standard InChI is InChI=1S/C14H22N2O3S2/c1-4-10(2)16(7-14(18)19)13(17)5-6-20-8-12-9-21-11(3)15-12/h9-10H,4-8H2,1-3H3,(H,18,19). The molecule has 21 heavy (non-hydrogen) atoms. The van der Waals surface area contributed by atoms with Gasteiger partial charge in [-0.1, -0.05) is 6.92 Å². The van der Waals surface area contributed by atoms with E-state index in [9.17, 15) is 9.59 Å². The van der Waals surface area contributed by atoms with Gasteiger partial charge in [0.25, 0.3) is 0 Å². The van der Waals surface area contributed by atoms with Crippen molar-refractivity contribution in [2.75, 3.05) is 12.3 Å². The minimum atomic E-state index is -0.964. The van der Waals surface area contributed by atoms with E-state index in [0.717, 1.165) is 22.9 Å². The van der Waals surface area contributed by atoms with Crippen LogP contribution in [0.5, 0.6) is 0 Å². The number of carbonyl (C=O) groups is 2. The van der Waals surface area contributed by atoms with Crippen molar-refractivity contribution in [3.63, 3.8) is 0 Å². The fourth-order valence-corrected chi connectivity index (χ4v) is 3.35. The van der Waals surface area contributed by atoms with Gasteiger partial charge in [-0.2, -0.15) is 11.8 Å². The Balaban J connectivity index is 2.37. The summed E-state index contributed by atoms with van der Waals surface area (Å²) in [5.41, 5.74) is 1.04. The third kappa shape index (κ3) is 6.48. The Morgan fingerprint density at radius 3 is 2.76 bits per heavy atom. The first kappa shape index (κ1) is 18.0. The number of hydrogen-bond donors (Lipinski definition) is 1. The van der Waals surface area contributed by atoms with Crippen LogP contribution in [-0.2, 0) is 15.3 Å². The molecule has 118 valence electrons. The first-order valence-corrected chi connectivity index (χ1v) is 8.97. The molecule has 0 spiro atoms. The number of rotatable bonds is 9. The van der Waals surface area contributed by atoms with Gasteiger partial charge in [0.1, 0.15) is 6.54 Å². The van der Waals surface area contributed by atoms with Crippen LogP contribution < -0.4 is 0 Å². The van der Waals surface area contributed by atoms with Crippen LogP contribution in [0.3, 0.4) is 0 Å². The Bertz CT molecular complexity index is 477. The molecule has 1 heterocycles. The number of aromatic nitrogens is 1. The lowest BCUT2D eigenvalue weighted by molar-refractivity contribution is -0.145. The van der Waals surface area contributed by atoms with Gasteiger partial charge in [0.05, 0.1) is 10.7 Å². The van der Waals surface area contributed by atoms with E-state index in [4.69, 9.17) is 5.11 Å². The summed E-state index contributed by atoms with van der Waals surface area (Å²) in [7, 11) is 0. The van der Waals surface area contributed by atoms with E-state index in [-0.39, 0.29) is 18.5 Å². The highest BCUT2D eigenvalue weighted by Crippen LogP contribution is 2.16. The number of carbonyl (C=O) groups excluding carboxylic acids is 1. The van der Waals surface area contributed by atoms with Crippen molar-refractivity contribution in [3.8, 4) is 0 Å². The second-order valence-corrected chi connectivity index (χ2v) is 7.00. The summed E-state index contributed by atoms with van der Waals surface area (Å²) < 4.78 is 0. The largest absolute Gasteiger partial charge is 0.480 e. The maximum absolute atomic E-state index is 12.1. The quantitative estimate of drug-likeness (QED) is 0.705. The molecule has 0 saturated carbocycles. The lowest BCUT2D eigenvalue weighted by atomic mass is 10.2. The van der Waals surface area contributed by atoms with Crippen LogP contribution in [0.25, 0.3) is 0 Å². The third-order valence-electron chi connectivity index (χ3n) is 3.13. The van der Waals surface area contributed by atoms with Gasteiger partial charge < -0.3 is 10.0 Å². The molecule has 1 amide bonds. The number of nitrogens with zero attached hydrogens (tertiary/aromatic N) is 2. The Morgan fingerprint density at radius 2 is 2.24 bits per heavy atom. The van der Waals surface area contributed by atoms with Gasteiger partial charge in [-0.05, 0) is 20.3 Å². The van der Waals surface area contributed by atoms with Crippen molar-refractivity contribution in [2.24, 2.45) is 0 Å². The van der Waals surface area contributed by atoms with E-state index in [0.29, 0.717) is 12.2 Å². The predicted molar refractivity (Wildman–Crippen MR) is 86.7 cm³/mol. The Labute approximate surface area is 133 Å². The highest BCUT2D eigenvalue weighted by atomic mass is 32.2. The van der Waals surface area contributed by atoms with Crippen LogP contribution in [0.15, 0.2) is 5.38 Å². The van der Waals surface area contributed by atoms with Crippen molar-refractivity contribution in [3.05, 3.63) is 16.1 Å². The molecule has 0 fully saturated rings. The molecule has 0 bridgehead atoms. The average molecular weight is 330 g/mol. The van der Waals surface area contributed by atoms with Crippen LogP contribution in [0.4, 0.5) is 0 Å². The van der Waals surface area contributed by atoms with Crippen molar-refractivity contribution in [1.29, 1.82) is 0 Å². The van der Waals surface area contributed by atoms with Gasteiger partial charge in [0.2, 0.25) is 5.91 Å². The molecule has 1 rings (SSSR count). The monoisotopic (exact) mass is 330 g/mol. The number of amides is 1. The number of thioether (sulfide) groups is 1. The molecule has 0 aliphatic rings.